The lowest BCUT2D eigenvalue weighted by molar-refractivity contribution is -0.116. The number of carbonyl (C=O) groups is 1. The van der Waals surface area contributed by atoms with Gasteiger partial charge < -0.3 is 14.8 Å². The van der Waals surface area contributed by atoms with Gasteiger partial charge in [-0.05, 0) is 36.4 Å². The summed E-state index contributed by atoms with van der Waals surface area (Å²) in [4.78, 5) is 17.1. The summed E-state index contributed by atoms with van der Waals surface area (Å²) in [6, 6.07) is 19.0. The second kappa shape index (κ2) is 7.27. The maximum absolute atomic E-state index is 12.5. The monoisotopic (exact) mass is 386 g/mol. The van der Waals surface area contributed by atoms with Crippen molar-refractivity contribution in [3.8, 4) is 22.8 Å². The fourth-order valence-corrected chi connectivity index (χ4v) is 3.34. The van der Waals surface area contributed by atoms with E-state index in [0.717, 1.165) is 27.9 Å². The molecule has 0 spiro atoms. The number of rotatable bonds is 4. The molecule has 0 aliphatic carbocycles. The van der Waals surface area contributed by atoms with Crippen LogP contribution < -0.4 is 14.8 Å². The molecule has 0 saturated heterocycles. The number of amides is 1. The van der Waals surface area contributed by atoms with Crippen molar-refractivity contribution in [3.63, 3.8) is 0 Å². The summed E-state index contributed by atoms with van der Waals surface area (Å²) in [6.45, 7) is 1.20. The molecule has 2 aromatic heterocycles. The minimum absolute atomic E-state index is 0.115. The normalized spacial score (nSPS) is 12.7. The van der Waals surface area contributed by atoms with Gasteiger partial charge in [-0.15, -0.1) is 0 Å². The first-order chi connectivity index (χ1) is 14.3. The van der Waals surface area contributed by atoms with Crippen LogP contribution in [0.1, 0.15) is 0 Å². The molecule has 2 aromatic carbocycles. The minimum atomic E-state index is -0.189. The van der Waals surface area contributed by atoms with E-state index in [9.17, 15) is 4.79 Å². The van der Waals surface area contributed by atoms with Gasteiger partial charge in [-0.2, -0.15) is 5.10 Å². The van der Waals surface area contributed by atoms with E-state index in [-0.39, 0.29) is 12.5 Å². The zero-order valence-electron chi connectivity index (χ0n) is 15.5. The molecule has 0 unspecified atom stereocenters. The number of ether oxygens (including phenoxy) is 2. The van der Waals surface area contributed by atoms with E-state index in [1.807, 2.05) is 54.6 Å². The summed E-state index contributed by atoms with van der Waals surface area (Å²) in [5, 5.41) is 8.14. The molecule has 0 bridgehead atoms. The van der Waals surface area contributed by atoms with Crippen LogP contribution in [-0.4, -0.2) is 33.9 Å². The third-order valence-electron chi connectivity index (χ3n) is 4.70. The molecular formula is C22H18N4O3. The van der Waals surface area contributed by atoms with Gasteiger partial charge in [0, 0.05) is 10.9 Å². The van der Waals surface area contributed by atoms with E-state index in [2.05, 4.69) is 15.4 Å². The standard InChI is InChI=1S/C22H18N4O3/c27-22(14-26-18-6-2-1-4-16(18)13-23-26)25-21-7-3-5-17(24-21)15-8-9-19-20(12-15)29-11-10-28-19/h1-9,12-13H,10-11,14H2,(H,24,25,27). The maximum Gasteiger partial charge on any atom is 0.247 e. The highest BCUT2D eigenvalue weighted by Crippen LogP contribution is 2.34. The molecule has 4 aromatic rings. The molecule has 0 atom stereocenters. The second-order valence-electron chi connectivity index (χ2n) is 6.68. The van der Waals surface area contributed by atoms with Crippen molar-refractivity contribution in [1.29, 1.82) is 0 Å². The Bertz CT molecular complexity index is 1200. The molecule has 1 aliphatic rings. The highest BCUT2D eigenvalue weighted by molar-refractivity contribution is 5.91. The lowest BCUT2D eigenvalue weighted by Gasteiger charge is -2.18. The Balaban J connectivity index is 1.34. The van der Waals surface area contributed by atoms with Crippen LogP contribution in [0.5, 0.6) is 11.5 Å². The van der Waals surface area contributed by atoms with Crippen LogP contribution in [0.3, 0.4) is 0 Å². The molecule has 7 nitrogen and oxygen atoms in total. The average Bonchev–Trinajstić information content (AvgIpc) is 3.16. The SMILES string of the molecule is O=C(Cn1ncc2ccccc21)Nc1cccc(-c2ccc3c(c2)OCCO3)n1. The van der Waals surface area contributed by atoms with Gasteiger partial charge in [0.2, 0.25) is 5.91 Å². The lowest BCUT2D eigenvalue weighted by atomic mass is 10.1. The van der Waals surface area contributed by atoms with Gasteiger partial charge >= 0.3 is 0 Å². The van der Waals surface area contributed by atoms with E-state index in [0.29, 0.717) is 24.8 Å². The topological polar surface area (TPSA) is 78.3 Å². The zero-order valence-corrected chi connectivity index (χ0v) is 15.5. The van der Waals surface area contributed by atoms with E-state index in [4.69, 9.17) is 9.47 Å². The molecule has 1 amide bonds. The molecule has 144 valence electrons. The Morgan fingerprint density at radius 1 is 1.00 bits per heavy atom. The lowest BCUT2D eigenvalue weighted by Crippen LogP contribution is -2.20. The number of nitrogens with one attached hydrogen (secondary N) is 1. The van der Waals surface area contributed by atoms with Crippen LogP contribution in [-0.2, 0) is 11.3 Å². The molecule has 0 saturated carbocycles. The largest absolute Gasteiger partial charge is 0.486 e. The Hall–Kier alpha value is -3.87. The molecule has 0 radical (unpaired) electrons. The van der Waals surface area contributed by atoms with Crippen LogP contribution in [0.15, 0.2) is 66.9 Å². The number of aromatic nitrogens is 3. The number of para-hydroxylation sites is 1. The summed E-state index contributed by atoms with van der Waals surface area (Å²) in [7, 11) is 0. The molecule has 1 aliphatic heterocycles. The van der Waals surface area contributed by atoms with Crippen LogP contribution >= 0.6 is 0 Å². The minimum Gasteiger partial charge on any atom is -0.486 e. The van der Waals surface area contributed by atoms with E-state index < -0.39 is 0 Å². The third kappa shape index (κ3) is 3.50. The van der Waals surface area contributed by atoms with Crippen molar-refractivity contribution >= 4 is 22.6 Å². The maximum atomic E-state index is 12.5. The number of anilines is 1. The van der Waals surface area contributed by atoms with Gasteiger partial charge in [-0.25, -0.2) is 4.98 Å². The van der Waals surface area contributed by atoms with Crippen molar-refractivity contribution in [1.82, 2.24) is 14.8 Å². The number of pyridine rings is 1. The third-order valence-corrected chi connectivity index (χ3v) is 4.70. The Morgan fingerprint density at radius 3 is 2.79 bits per heavy atom. The van der Waals surface area contributed by atoms with Crippen LogP contribution in [0.2, 0.25) is 0 Å². The van der Waals surface area contributed by atoms with E-state index in [1.165, 1.54) is 0 Å². The summed E-state index contributed by atoms with van der Waals surface area (Å²) in [5.74, 6) is 1.73. The number of fused-ring (bicyclic) bond motifs is 2. The summed E-state index contributed by atoms with van der Waals surface area (Å²) < 4.78 is 12.9. The predicted molar refractivity (Wildman–Crippen MR) is 109 cm³/mol. The molecule has 5 rings (SSSR count). The number of hydrogen-bond acceptors (Lipinski definition) is 5. The van der Waals surface area contributed by atoms with Gasteiger partial charge in [-0.3, -0.25) is 9.48 Å². The molecule has 29 heavy (non-hydrogen) atoms. The highest BCUT2D eigenvalue weighted by Gasteiger charge is 2.14. The fraction of sp³-hybridized carbons (Fsp3) is 0.136. The summed E-state index contributed by atoms with van der Waals surface area (Å²) >= 11 is 0. The first-order valence-electron chi connectivity index (χ1n) is 9.34. The Kier molecular flexibility index (Phi) is 4.32. The van der Waals surface area contributed by atoms with Gasteiger partial charge in [0.25, 0.3) is 0 Å². The smallest absolute Gasteiger partial charge is 0.247 e. The van der Waals surface area contributed by atoms with Crippen molar-refractivity contribution in [2.45, 2.75) is 6.54 Å². The van der Waals surface area contributed by atoms with Crippen LogP contribution in [0, 0.1) is 0 Å². The average molecular weight is 386 g/mol. The van der Waals surface area contributed by atoms with E-state index in [1.54, 1.807) is 16.9 Å². The first kappa shape index (κ1) is 17.2. The van der Waals surface area contributed by atoms with Gasteiger partial charge in [0.1, 0.15) is 25.6 Å². The predicted octanol–water partition coefficient (Wildman–Crippen LogP) is 3.51. The summed E-state index contributed by atoms with van der Waals surface area (Å²) in [5.41, 5.74) is 2.55. The van der Waals surface area contributed by atoms with Crippen molar-refractivity contribution in [3.05, 3.63) is 66.9 Å². The number of hydrogen-bond donors (Lipinski definition) is 1. The van der Waals surface area contributed by atoms with Crippen molar-refractivity contribution in [2.24, 2.45) is 0 Å². The van der Waals surface area contributed by atoms with Gasteiger partial charge in [0.15, 0.2) is 11.5 Å². The number of carbonyl (C=O) groups excluding carboxylic acids is 1. The van der Waals surface area contributed by atoms with Gasteiger partial charge in [-0.1, -0.05) is 24.3 Å². The molecule has 3 heterocycles. The molecule has 1 N–H and O–H groups in total. The van der Waals surface area contributed by atoms with E-state index >= 15 is 0 Å². The Morgan fingerprint density at radius 2 is 1.86 bits per heavy atom. The zero-order chi connectivity index (χ0) is 19.6. The quantitative estimate of drug-likeness (QED) is 0.581. The highest BCUT2D eigenvalue weighted by atomic mass is 16.6. The van der Waals surface area contributed by atoms with Crippen molar-refractivity contribution in [2.75, 3.05) is 18.5 Å². The number of nitrogens with zero attached hydrogens (tertiary/aromatic N) is 3. The summed E-state index contributed by atoms with van der Waals surface area (Å²) in [6.07, 6.45) is 1.75. The Labute approximate surface area is 166 Å². The van der Waals surface area contributed by atoms with Crippen molar-refractivity contribution < 1.29 is 14.3 Å². The first-order valence-corrected chi connectivity index (χ1v) is 9.34. The van der Waals surface area contributed by atoms with Gasteiger partial charge in [0.05, 0.1) is 17.4 Å². The molecule has 0 fully saturated rings. The second-order valence-corrected chi connectivity index (χ2v) is 6.68. The number of benzene rings is 2. The molecule has 7 heteroatoms. The fourth-order valence-electron chi connectivity index (χ4n) is 3.34. The molecular weight excluding hydrogens is 368 g/mol. The van der Waals surface area contributed by atoms with Crippen LogP contribution in [0.4, 0.5) is 5.82 Å². The van der Waals surface area contributed by atoms with Crippen LogP contribution in [0.25, 0.3) is 22.2 Å².